The van der Waals surface area contributed by atoms with Crippen LogP contribution >= 0.6 is 0 Å². The summed E-state index contributed by atoms with van der Waals surface area (Å²) in [5.74, 6) is 1.80. The number of aryl methyl sites for hydroxylation is 1. The van der Waals surface area contributed by atoms with Crippen molar-refractivity contribution in [3.8, 4) is 28.3 Å². The van der Waals surface area contributed by atoms with Crippen LogP contribution in [0, 0.1) is 5.92 Å². The average Bonchev–Trinajstić information content (AvgIpc) is 2.88. The van der Waals surface area contributed by atoms with E-state index in [2.05, 4.69) is 55.0 Å². The minimum Gasteiger partial charge on any atom is -0.427 e. The van der Waals surface area contributed by atoms with Crippen LogP contribution in [0.15, 0.2) is 60.9 Å². The number of carbonyl (C=O) groups excluding carboxylic acids is 1. The summed E-state index contributed by atoms with van der Waals surface area (Å²) in [6.07, 6.45) is 14.8. The number of rotatable bonds is 14. The standard InChI is InChI=1S/C31H40N2O2/c1-4-6-7-8-12-25-14-16-27(17-15-25)31-32-22-28(23-33-31)26-18-20-29(21-19-26)35-30(34)13-9-11-24(3)10-5-2/h14-24H,4-13H2,1-3H3. The summed E-state index contributed by atoms with van der Waals surface area (Å²) in [5, 5.41) is 0. The third-order valence-corrected chi connectivity index (χ3v) is 6.46. The summed E-state index contributed by atoms with van der Waals surface area (Å²) in [4.78, 5) is 21.3. The van der Waals surface area contributed by atoms with Gasteiger partial charge >= 0.3 is 5.97 Å². The number of benzene rings is 2. The first-order chi connectivity index (χ1) is 17.1. The molecule has 0 amide bonds. The predicted molar refractivity (Wildman–Crippen MR) is 144 cm³/mol. The maximum absolute atomic E-state index is 12.1. The molecule has 0 N–H and O–H groups in total. The topological polar surface area (TPSA) is 52.1 Å². The van der Waals surface area contributed by atoms with Crippen molar-refractivity contribution in [2.75, 3.05) is 0 Å². The summed E-state index contributed by atoms with van der Waals surface area (Å²) >= 11 is 0. The lowest BCUT2D eigenvalue weighted by molar-refractivity contribution is -0.134. The zero-order valence-electron chi connectivity index (χ0n) is 21.6. The Morgan fingerprint density at radius 2 is 1.46 bits per heavy atom. The Balaban J connectivity index is 1.50. The van der Waals surface area contributed by atoms with Crippen LogP contribution in [0.2, 0.25) is 0 Å². The highest BCUT2D eigenvalue weighted by Gasteiger charge is 2.08. The van der Waals surface area contributed by atoms with E-state index >= 15 is 0 Å². The number of ether oxygens (including phenoxy) is 1. The number of carbonyl (C=O) groups is 1. The van der Waals surface area contributed by atoms with E-state index in [1.54, 1.807) is 0 Å². The van der Waals surface area contributed by atoms with Crippen molar-refractivity contribution in [1.82, 2.24) is 9.97 Å². The summed E-state index contributed by atoms with van der Waals surface area (Å²) in [5.41, 5.74) is 4.32. The fourth-order valence-corrected chi connectivity index (χ4v) is 4.33. The molecule has 0 radical (unpaired) electrons. The highest BCUT2D eigenvalue weighted by atomic mass is 16.5. The summed E-state index contributed by atoms with van der Waals surface area (Å²) in [7, 11) is 0. The zero-order chi connectivity index (χ0) is 24.9. The van der Waals surface area contributed by atoms with Gasteiger partial charge < -0.3 is 4.74 Å². The Morgan fingerprint density at radius 1 is 0.771 bits per heavy atom. The Morgan fingerprint density at radius 3 is 2.11 bits per heavy atom. The molecule has 1 aromatic heterocycles. The first-order valence-electron chi connectivity index (χ1n) is 13.3. The Kier molecular flexibility index (Phi) is 10.9. The second-order valence-corrected chi connectivity index (χ2v) is 9.59. The number of aromatic nitrogens is 2. The van der Waals surface area contributed by atoms with Crippen molar-refractivity contribution < 1.29 is 9.53 Å². The first-order valence-corrected chi connectivity index (χ1v) is 13.3. The van der Waals surface area contributed by atoms with Crippen LogP contribution in [-0.2, 0) is 11.2 Å². The predicted octanol–water partition coefficient (Wildman–Crippen LogP) is 8.45. The van der Waals surface area contributed by atoms with Crippen LogP contribution in [-0.4, -0.2) is 15.9 Å². The van der Waals surface area contributed by atoms with Gasteiger partial charge in [0.25, 0.3) is 0 Å². The number of hydrogen-bond donors (Lipinski definition) is 0. The van der Waals surface area contributed by atoms with Gasteiger partial charge in [-0.15, -0.1) is 0 Å². The minimum absolute atomic E-state index is 0.166. The molecule has 186 valence electrons. The third kappa shape index (κ3) is 8.93. The van der Waals surface area contributed by atoms with E-state index in [0.717, 1.165) is 41.8 Å². The molecule has 1 atom stereocenters. The molecule has 0 spiro atoms. The molecule has 0 fully saturated rings. The van der Waals surface area contributed by atoms with Gasteiger partial charge in [0.15, 0.2) is 5.82 Å². The van der Waals surface area contributed by atoms with Gasteiger partial charge in [0.05, 0.1) is 0 Å². The summed E-state index contributed by atoms with van der Waals surface area (Å²) in [6.45, 7) is 6.68. The maximum atomic E-state index is 12.1. The Labute approximate surface area is 211 Å². The maximum Gasteiger partial charge on any atom is 0.311 e. The van der Waals surface area contributed by atoms with Crippen LogP contribution in [0.3, 0.4) is 0 Å². The SMILES string of the molecule is CCCCCCc1ccc(-c2ncc(-c3ccc(OC(=O)CCCC(C)CCC)cc3)cn2)cc1. The molecule has 4 heteroatoms. The second kappa shape index (κ2) is 14.4. The van der Waals surface area contributed by atoms with E-state index in [9.17, 15) is 4.79 Å². The lowest BCUT2D eigenvalue weighted by atomic mass is 9.99. The Hall–Kier alpha value is -3.01. The van der Waals surface area contributed by atoms with Gasteiger partial charge in [0.2, 0.25) is 0 Å². The molecule has 0 aliphatic carbocycles. The van der Waals surface area contributed by atoms with E-state index in [4.69, 9.17) is 4.74 Å². The van der Waals surface area contributed by atoms with Crippen molar-refractivity contribution in [3.05, 3.63) is 66.5 Å². The van der Waals surface area contributed by atoms with Gasteiger partial charge in [0, 0.05) is 29.9 Å². The lowest BCUT2D eigenvalue weighted by Crippen LogP contribution is -2.08. The first kappa shape index (κ1) is 26.6. The molecular weight excluding hydrogens is 432 g/mol. The van der Waals surface area contributed by atoms with Crippen LogP contribution in [0.1, 0.15) is 84.1 Å². The van der Waals surface area contributed by atoms with Gasteiger partial charge in [-0.05, 0) is 48.4 Å². The number of unbranched alkanes of at least 4 members (excludes halogenated alkanes) is 3. The number of nitrogens with zero attached hydrogens (tertiary/aromatic N) is 2. The van der Waals surface area contributed by atoms with Gasteiger partial charge in [-0.3, -0.25) is 4.79 Å². The molecule has 0 saturated heterocycles. The van der Waals surface area contributed by atoms with Crippen molar-refractivity contribution in [2.24, 2.45) is 5.92 Å². The average molecular weight is 473 g/mol. The van der Waals surface area contributed by atoms with Crippen LogP contribution in [0.25, 0.3) is 22.5 Å². The smallest absolute Gasteiger partial charge is 0.311 e. The molecule has 0 bridgehead atoms. The van der Waals surface area contributed by atoms with Crippen molar-refractivity contribution >= 4 is 5.97 Å². The van der Waals surface area contributed by atoms with Crippen molar-refractivity contribution in [2.45, 2.75) is 85.0 Å². The van der Waals surface area contributed by atoms with Crippen LogP contribution in [0.4, 0.5) is 0 Å². The summed E-state index contributed by atoms with van der Waals surface area (Å²) in [6, 6.07) is 16.1. The molecule has 0 saturated carbocycles. The fraction of sp³-hybridized carbons (Fsp3) is 0.452. The largest absolute Gasteiger partial charge is 0.427 e. The van der Waals surface area contributed by atoms with E-state index in [0.29, 0.717) is 18.1 Å². The van der Waals surface area contributed by atoms with Crippen molar-refractivity contribution in [3.63, 3.8) is 0 Å². The third-order valence-electron chi connectivity index (χ3n) is 6.46. The van der Waals surface area contributed by atoms with E-state index in [1.165, 1.54) is 44.1 Å². The van der Waals surface area contributed by atoms with Gasteiger partial charge in [-0.1, -0.05) is 95.7 Å². The molecule has 3 rings (SSSR count). The highest BCUT2D eigenvalue weighted by Crippen LogP contribution is 2.24. The zero-order valence-corrected chi connectivity index (χ0v) is 21.6. The van der Waals surface area contributed by atoms with Gasteiger partial charge in [-0.25, -0.2) is 9.97 Å². The van der Waals surface area contributed by atoms with E-state index in [1.807, 2.05) is 36.7 Å². The van der Waals surface area contributed by atoms with Crippen molar-refractivity contribution in [1.29, 1.82) is 0 Å². The monoisotopic (exact) mass is 472 g/mol. The molecule has 35 heavy (non-hydrogen) atoms. The Bertz CT molecular complexity index is 1010. The molecule has 1 unspecified atom stereocenters. The minimum atomic E-state index is -0.166. The highest BCUT2D eigenvalue weighted by molar-refractivity contribution is 5.73. The molecule has 2 aromatic carbocycles. The number of hydrogen-bond acceptors (Lipinski definition) is 4. The molecular formula is C31H40N2O2. The lowest BCUT2D eigenvalue weighted by Gasteiger charge is -2.09. The van der Waals surface area contributed by atoms with E-state index in [-0.39, 0.29) is 5.97 Å². The molecule has 3 aromatic rings. The normalized spacial score (nSPS) is 11.9. The van der Waals surface area contributed by atoms with Gasteiger partial charge in [0.1, 0.15) is 5.75 Å². The second-order valence-electron chi connectivity index (χ2n) is 9.59. The van der Waals surface area contributed by atoms with Crippen LogP contribution < -0.4 is 4.74 Å². The van der Waals surface area contributed by atoms with E-state index < -0.39 is 0 Å². The van der Waals surface area contributed by atoms with Crippen LogP contribution in [0.5, 0.6) is 5.75 Å². The summed E-state index contributed by atoms with van der Waals surface area (Å²) < 4.78 is 5.50. The van der Waals surface area contributed by atoms with Gasteiger partial charge in [-0.2, -0.15) is 0 Å². The number of esters is 1. The molecule has 0 aliphatic rings. The quantitative estimate of drug-likeness (QED) is 0.134. The molecule has 0 aliphatic heterocycles. The molecule has 4 nitrogen and oxygen atoms in total. The fourth-order valence-electron chi connectivity index (χ4n) is 4.33. The molecule has 1 heterocycles.